The number of halogens is 5. The van der Waals surface area contributed by atoms with Crippen molar-refractivity contribution in [2.75, 3.05) is 7.11 Å². The maximum atomic E-state index is 14.5. The minimum absolute atomic E-state index is 0.0282. The first-order valence-electron chi connectivity index (χ1n) is 10.1. The Morgan fingerprint density at radius 3 is 2.50 bits per heavy atom. The van der Waals surface area contributed by atoms with E-state index in [1.54, 1.807) is 0 Å². The second kappa shape index (κ2) is 8.12. The van der Waals surface area contributed by atoms with Crippen LogP contribution in [0.2, 0.25) is 0 Å². The number of hydrogen-bond donors (Lipinski definition) is 1. The van der Waals surface area contributed by atoms with Crippen molar-refractivity contribution in [2.24, 2.45) is 11.7 Å². The average molecular weight is 482 g/mol. The van der Waals surface area contributed by atoms with Crippen molar-refractivity contribution in [1.29, 1.82) is 0 Å². The summed E-state index contributed by atoms with van der Waals surface area (Å²) in [6.45, 7) is 2.18. The molecule has 1 fully saturated rings. The van der Waals surface area contributed by atoms with E-state index in [-0.39, 0.29) is 28.0 Å². The zero-order valence-corrected chi connectivity index (χ0v) is 18.2. The summed E-state index contributed by atoms with van der Waals surface area (Å²) in [6.07, 6.45) is -3.73. The van der Waals surface area contributed by atoms with E-state index in [1.165, 1.54) is 25.4 Å². The van der Waals surface area contributed by atoms with E-state index >= 15 is 0 Å². The molecule has 7 nitrogen and oxygen atoms in total. The smallest absolute Gasteiger partial charge is 0.417 e. The van der Waals surface area contributed by atoms with Crippen LogP contribution < -0.4 is 10.5 Å². The lowest BCUT2D eigenvalue weighted by atomic mass is 9.77. The molecule has 4 atom stereocenters. The molecule has 3 heterocycles. The minimum atomic E-state index is -4.80. The van der Waals surface area contributed by atoms with Gasteiger partial charge >= 0.3 is 6.18 Å². The van der Waals surface area contributed by atoms with Crippen LogP contribution in [0, 0.1) is 17.6 Å². The molecular formula is C22H19F5N4O3. The highest BCUT2D eigenvalue weighted by Gasteiger charge is 2.65. The molecule has 0 spiro atoms. The van der Waals surface area contributed by atoms with E-state index in [2.05, 4.69) is 15.0 Å². The van der Waals surface area contributed by atoms with Crippen LogP contribution in [-0.4, -0.2) is 39.7 Å². The van der Waals surface area contributed by atoms with Gasteiger partial charge in [0.15, 0.2) is 23.0 Å². The van der Waals surface area contributed by atoms with Crippen LogP contribution in [0.3, 0.4) is 0 Å². The first kappa shape index (κ1) is 23.7. The van der Waals surface area contributed by atoms with Gasteiger partial charge in [-0.1, -0.05) is 13.0 Å². The van der Waals surface area contributed by atoms with Crippen LogP contribution in [0.4, 0.5) is 22.0 Å². The summed E-state index contributed by atoms with van der Waals surface area (Å²) in [7, 11) is 1.09. The molecule has 1 saturated heterocycles. The van der Waals surface area contributed by atoms with Crippen LogP contribution in [0.25, 0.3) is 11.0 Å². The first-order valence-corrected chi connectivity index (χ1v) is 10.1. The number of pyridine rings is 1. The Labute approximate surface area is 190 Å². The normalized spacial score (nSPS) is 25.0. The van der Waals surface area contributed by atoms with Crippen molar-refractivity contribution in [1.82, 2.24) is 15.0 Å². The molecule has 0 bridgehead atoms. The second-order valence-corrected chi connectivity index (χ2v) is 8.16. The number of carbonyl (C=O) groups is 1. The number of carbonyl (C=O) groups excluding carboxylic acids is 1. The average Bonchev–Trinajstić information content (AvgIpc) is 3.06. The molecular weight excluding hydrogens is 463 g/mol. The topological polar surface area (TPSA) is 100 Å². The van der Waals surface area contributed by atoms with Gasteiger partial charge in [-0.3, -0.25) is 9.78 Å². The number of aromatic nitrogens is 3. The van der Waals surface area contributed by atoms with Crippen molar-refractivity contribution in [3.8, 4) is 5.75 Å². The lowest BCUT2D eigenvalue weighted by Crippen LogP contribution is -2.46. The van der Waals surface area contributed by atoms with Crippen LogP contribution in [0.5, 0.6) is 5.75 Å². The molecule has 1 aliphatic heterocycles. The molecule has 34 heavy (non-hydrogen) atoms. The predicted octanol–water partition coefficient (Wildman–Crippen LogP) is 4.22. The SMILES string of the molecule is COc1c([C@H]2[C@H](c3ncc4ncc(C(N)=O)cc4n3)O[C@@](C)(C(F)(F)F)[C@H]2C)ccc(F)c1F. The lowest BCUT2D eigenvalue weighted by Gasteiger charge is -2.32. The largest absolute Gasteiger partial charge is 0.493 e. The Morgan fingerprint density at radius 1 is 1.18 bits per heavy atom. The van der Waals surface area contributed by atoms with E-state index < -0.39 is 53.0 Å². The van der Waals surface area contributed by atoms with E-state index in [0.29, 0.717) is 0 Å². The Balaban J connectivity index is 1.92. The van der Waals surface area contributed by atoms with Gasteiger partial charge in [-0.05, 0) is 19.1 Å². The minimum Gasteiger partial charge on any atom is -0.493 e. The van der Waals surface area contributed by atoms with Crippen LogP contribution in [-0.2, 0) is 4.74 Å². The number of ether oxygens (including phenoxy) is 2. The highest BCUT2D eigenvalue weighted by atomic mass is 19.4. The third-order valence-electron chi connectivity index (χ3n) is 6.30. The highest BCUT2D eigenvalue weighted by molar-refractivity contribution is 5.95. The third-order valence-corrected chi connectivity index (χ3v) is 6.30. The van der Waals surface area contributed by atoms with Gasteiger partial charge in [0.25, 0.3) is 0 Å². The molecule has 0 unspecified atom stereocenters. The number of nitrogens with two attached hydrogens (primary N) is 1. The number of primary amides is 1. The van der Waals surface area contributed by atoms with Gasteiger partial charge in [-0.15, -0.1) is 0 Å². The zero-order valence-electron chi connectivity index (χ0n) is 18.2. The van der Waals surface area contributed by atoms with Gasteiger partial charge in [-0.25, -0.2) is 14.4 Å². The molecule has 2 N–H and O–H groups in total. The second-order valence-electron chi connectivity index (χ2n) is 8.16. The summed E-state index contributed by atoms with van der Waals surface area (Å²) in [6, 6.07) is 3.29. The quantitative estimate of drug-likeness (QED) is 0.559. The van der Waals surface area contributed by atoms with E-state index in [0.717, 1.165) is 26.2 Å². The number of rotatable bonds is 4. The fourth-order valence-corrected chi connectivity index (χ4v) is 4.24. The number of methoxy groups -OCH3 is 1. The number of hydrogen-bond acceptors (Lipinski definition) is 6. The van der Waals surface area contributed by atoms with E-state index in [4.69, 9.17) is 15.2 Å². The summed E-state index contributed by atoms with van der Waals surface area (Å²) in [5, 5.41) is 0. The Hall–Kier alpha value is -3.41. The van der Waals surface area contributed by atoms with Crippen molar-refractivity contribution in [2.45, 2.75) is 37.6 Å². The monoisotopic (exact) mass is 482 g/mol. The molecule has 1 aliphatic rings. The van der Waals surface area contributed by atoms with Gasteiger partial charge in [0.1, 0.15) is 11.6 Å². The molecule has 0 radical (unpaired) electrons. The van der Waals surface area contributed by atoms with Crippen molar-refractivity contribution in [3.05, 3.63) is 59.2 Å². The van der Waals surface area contributed by atoms with Crippen molar-refractivity contribution < 1.29 is 36.2 Å². The van der Waals surface area contributed by atoms with Gasteiger partial charge < -0.3 is 15.2 Å². The zero-order chi connectivity index (χ0) is 25.0. The molecule has 0 saturated carbocycles. The predicted molar refractivity (Wildman–Crippen MR) is 109 cm³/mol. The standard InChI is InChI=1S/C22H19F5N4O3/c1-9-15(11-4-5-12(23)16(24)17(11)33-3)18(34-21(9,2)22(25,26)27)20-30-8-14-13(31-20)6-10(7-29-14)19(28)32/h4-9,15,18H,1-3H3,(H2,28,32)/t9-,15-,18+,21+/m0/s1. The van der Waals surface area contributed by atoms with E-state index in [1.807, 2.05) is 0 Å². The number of alkyl halides is 3. The van der Waals surface area contributed by atoms with Gasteiger partial charge in [-0.2, -0.15) is 17.6 Å². The summed E-state index contributed by atoms with van der Waals surface area (Å²) >= 11 is 0. The van der Waals surface area contributed by atoms with Crippen molar-refractivity contribution in [3.63, 3.8) is 0 Å². The van der Waals surface area contributed by atoms with Gasteiger partial charge in [0.2, 0.25) is 11.7 Å². The summed E-state index contributed by atoms with van der Waals surface area (Å²) in [5.41, 5.74) is 3.03. The Kier molecular flexibility index (Phi) is 5.67. The highest BCUT2D eigenvalue weighted by Crippen LogP contribution is 2.59. The summed E-state index contributed by atoms with van der Waals surface area (Å²) in [5.74, 6) is -6.44. The maximum Gasteiger partial charge on any atom is 0.417 e. The molecule has 180 valence electrons. The molecule has 1 amide bonds. The fraction of sp³-hybridized carbons (Fsp3) is 0.364. The van der Waals surface area contributed by atoms with Gasteiger partial charge in [0, 0.05) is 23.6 Å². The summed E-state index contributed by atoms with van der Waals surface area (Å²) < 4.78 is 81.2. The molecule has 1 aromatic carbocycles. The Bertz CT molecular complexity index is 1290. The molecule has 3 aromatic rings. The Morgan fingerprint density at radius 2 is 1.88 bits per heavy atom. The van der Waals surface area contributed by atoms with Crippen LogP contribution >= 0.6 is 0 Å². The molecule has 12 heteroatoms. The molecule has 0 aliphatic carbocycles. The summed E-state index contributed by atoms with van der Waals surface area (Å²) in [4.78, 5) is 23.9. The number of benzene rings is 1. The maximum absolute atomic E-state index is 14.5. The lowest BCUT2D eigenvalue weighted by molar-refractivity contribution is -0.275. The van der Waals surface area contributed by atoms with Gasteiger partial charge in [0.05, 0.1) is 24.4 Å². The number of amides is 1. The molecule has 2 aromatic heterocycles. The fourth-order valence-electron chi connectivity index (χ4n) is 4.24. The molecule has 4 rings (SSSR count). The first-order chi connectivity index (χ1) is 15.9. The number of nitrogens with zero attached hydrogens (tertiary/aromatic N) is 3. The van der Waals surface area contributed by atoms with Crippen molar-refractivity contribution >= 4 is 16.9 Å². The number of fused-ring (bicyclic) bond motifs is 1. The van der Waals surface area contributed by atoms with E-state index in [9.17, 15) is 26.7 Å². The van der Waals surface area contributed by atoms with Crippen LogP contribution in [0.15, 0.2) is 30.6 Å². The third kappa shape index (κ3) is 3.61. The van der Waals surface area contributed by atoms with Crippen LogP contribution in [0.1, 0.15) is 47.6 Å².